The molecule has 1 N–H and O–H groups in total. The standard InChI is InChI=1S/C25H26N4O6S2/c1-3-35-25(32)28-13-15-29(16-14-28)37(33,34)20-11-9-19(10-12-20)23(31)27-24-26-21(22(36-24)17(2)30)18-7-5-4-6-8-18/h4-12H,3,13-16H2,1-2H3,(H,26,27,31). The van der Waals surface area contributed by atoms with E-state index in [0.717, 1.165) is 16.9 Å². The van der Waals surface area contributed by atoms with Crippen LogP contribution in [0.5, 0.6) is 0 Å². The van der Waals surface area contributed by atoms with Gasteiger partial charge in [0.1, 0.15) is 0 Å². The highest BCUT2D eigenvalue weighted by Crippen LogP contribution is 2.31. The molecular weight excluding hydrogens is 516 g/mol. The summed E-state index contributed by atoms with van der Waals surface area (Å²) >= 11 is 1.08. The van der Waals surface area contributed by atoms with Gasteiger partial charge in [0, 0.05) is 44.2 Å². The van der Waals surface area contributed by atoms with Gasteiger partial charge in [-0.25, -0.2) is 18.2 Å². The number of nitrogens with zero attached hydrogens (tertiary/aromatic N) is 3. The third-order valence-corrected chi connectivity index (χ3v) is 8.72. The van der Waals surface area contributed by atoms with E-state index in [-0.39, 0.29) is 54.2 Å². The summed E-state index contributed by atoms with van der Waals surface area (Å²) in [6.07, 6.45) is -0.457. The number of Topliss-reactive ketones (excluding diaryl/α,β-unsaturated/α-hetero) is 1. The van der Waals surface area contributed by atoms with Crippen molar-refractivity contribution < 1.29 is 27.5 Å². The van der Waals surface area contributed by atoms with E-state index in [2.05, 4.69) is 10.3 Å². The number of ketones is 1. The number of carbonyl (C=O) groups excluding carboxylic acids is 3. The van der Waals surface area contributed by atoms with Crippen LogP contribution < -0.4 is 5.32 Å². The fourth-order valence-corrected chi connectivity index (χ4v) is 6.13. The summed E-state index contributed by atoms with van der Waals surface area (Å²) in [5.41, 5.74) is 1.51. The Hall–Kier alpha value is -3.61. The Labute approximate surface area is 218 Å². The Bertz CT molecular complexity index is 1400. The fraction of sp³-hybridized carbons (Fsp3) is 0.280. The van der Waals surface area contributed by atoms with Crippen LogP contribution in [0, 0.1) is 0 Å². The smallest absolute Gasteiger partial charge is 0.409 e. The van der Waals surface area contributed by atoms with Crippen molar-refractivity contribution in [2.45, 2.75) is 18.7 Å². The van der Waals surface area contributed by atoms with E-state index in [4.69, 9.17) is 4.74 Å². The number of sulfonamides is 1. The van der Waals surface area contributed by atoms with Gasteiger partial charge in [0.05, 0.1) is 22.1 Å². The summed E-state index contributed by atoms with van der Waals surface area (Å²) in [5, 5.41) is 2.97. The lowest BCUT2D eigenvalue weighted by Crippen LogP contribution is -2.50. The van der Waals surface area contributed by atoms with Gasteiger partial charge in [0.25, 0.3) is 5.91 Å². The summed E-state index contributed by atoms with van der Waals surface area (Å²) in [7, 11) is -3.79. The van der Waals surface area contributed by atoms with Crippen LogP contribution in [0.3, 0.4) is 0 Å². The maximum absolute atomic E-state index is 13.1. The average Bonchev–Trinajstić information content (AvgIpc) is 3.33. The van der Waals surface area contributed by atoms with Gasteiger partial charge in [-0.05, 0) is 31.2 Å². The van der Waals surface area contributed by atoms with Crippen molar-refractivity contribution in [3.8, 4) is 11.3 Å². The van der Waals surface area contributed by atoms with E-state index in [9.17, 15) is 22.8 Å². The zero-order valence-corrected chi connectivity index (χ0v) is 22.0. The molecule has 1 aliphatic heterocycles. The molecule has 194 valence electrons. The number of carbonyl (C=O) groups is 3. The molecule has 1 saturated heterocycles. The van der Waals surface area contributed by atoms with Crippen molar-refractivity contribution in [3.05, 3.63) is 65.0 Å². The number of amides is 2. The van der Waals surface area contributed by atoms with Crippen LogP contribution >= 0.6 is 11.3 Å². The SMILES string of the molecule is CCOC(=O)N1CCN(S(=O)(=O)c2ccc(C(=O)Nc3nc(-c4ccccc4)c(C(C)=O)s3)cc2)CC1. The molecule has 1 aliphatic rings. The highest BCUT2D eigenvalue weighted by molar-refractivity contribution is 7.89. The van der Waals surface area contributed by atoms with E-state index in [1.807, 2.05) is 30.3 Å². The number of nitrogens with one attached hydrogen (secondary N) is 1. The van der Waals surface area contributed by atoms with Crippen molar-refractivity contribution in [1.29, 1.82) is 0 Å². The molecule has 0 aliphatic carbocycles. The zero-order chi connectivity index (χ0) is 26.6. The molecule has 2 heterocycles. The van der Waals surface area contributed by atoms with Gasteiger partial charge < -0.3 is 9.64 Å². The number of benzene rings is 2. The third kappa shape index (κ3) is 5.87. The minimum Gasteiger partial charge on any atom is -0.450 e. The molecule has 37 heavy (non-hydrogen) atoms. The normalized spacial score (nSPS) is 14.3. The Morgan fingerprint density at radius 3 is 2.24 bits per heavy atom. The molecular formula is C25H26N4O6S2. The van der Waals surface area contributed by atoms with Gasteiger partial charge in [-0.1, -0.05) is 41.7 Å². The highest BCUT2D eigenvalue weighted by atomic mass is 32.2. The molecule has 1 aromatic heterocycles. The number of rotatable bonds is 7. The molecule has 0 saturated carbocycles. The van der Waals surface area contributed by atoms with Crippen LogP contribution in [0.1, 0.15) is 33.9 Å². The largest absolute Gasteiger partial charge is 0.450 e. The number of hydrogen-bond donors (Lipinski definition) is 1. The molecule has 0 bridgehead atoms. The molecule has 0 radical (unpaired) electrons. The van der Waals surface area contributed by atoms with Crippen molar-refractivity contribution >= 4 is 44.3 Å². The first-order chi connectivity index (χ1) is 17.7. The number of thiazole rings is 1. The van der Waals surface area contributed by atoms with Crippen LogP contribution in [-0.2, 0) is 14.8 Å². The summed E-state index contributed by atoms with van der Waals surface area (Å²) in [4.78, 5) is 43.2. The first-order valence-corrected chi connectivity index (χ1v) is 13.9. The highest BCUT2D eigenvalue weighted by Gasteiger charge is 2.30. The molecule has 2 aromatic carbocycles. The van der Waals surface area contributed by atoms with Crippen LogP contribution in [0.25, 0.3) is 11.3 Å². The fourth-order valence-electron chi connectivity index (χ4n) is 3.83. The Morgan fingerprint density at radius 1 is 1.00 bits per heavy atom. The van der Waals surface area contributed by atoms with Crippen molar-refractivity contribution in [2.24, 2.45) is 0 Å². The minimum absolute atomic E-state index is 0.0492. The second-order valence-corrected chi connectivity index (χ2v) is 11.1. The molecule has 2 amide bonds. The van der Waals surface area contributed by atoms with E-state index >= 15 is 0 Å². The Kier molecular flexibility index (Phi) is 8.00. The van der Waals surface area contributed by atoms with E-state index in [1.54, 1.807) is 6.92 Å². The van der Waals surface area contributed by atoms with Crippen molar-refractivity contribution in [2.75, 3.05) is 38.1 Å². The zero-order valence-electron chi connectivity index (χ0n) is 20.3. The lowest BCUT2D eigenvalue weighted by Gasteiger charge is -2.33. The van der Waals surface area contributed by atoms with Crippen LogP contribution in [0.15, 0.2) is 59.5 Å². The van der Waals surface area contributed by atoms with Gasteiger partial charge >= 0.3 is 6.09 Å². The molecule has 0 spiro atoms. The van der Waals surface area contributed by atoms with Gasteiger partial charge in [-0.3, -0.25) is 14.9 Å². The van der Waals surface area contributed by atoms with Crippen LogP contribution in [0.4, 0.5) is 9.93 Å². The van der Waals surface area contributed by atoms with Crippen LogP contribution in [-0.4, -0.2) is 73.2 Å². The maximum atomic E-state index is 13.1. The predicted molar refractivity (Wildman–Crippen MR) is 139 cm³/mol. The first kappa shape index (κ1) is 26.5. The second kappa shape index (κ2) is 11.2. The maximum Gasteiger partial charge on any atom is 0.409 e. The monoisotopic (exact) mass is 542 g/mol. The molecule has 1 fully saturated rings. The topological polar surface area (TPSA) is 126 Å². The summed E-state index contributed by atoms with van der Waals surface area (Å²) in [6, 6.07) is 14.8. The quantitative estimate of drug-likeness (QED) is 0.451. The molecule has 10 nitrogen and oxygen atoms in total. The lowest BCUT2D eigenvalue weighted by atomic mass is 10.1. The number of aromatic nitrogens is 1. The van der Waals surface area contributed by atoms with Gasteiger partial charge in [0.15, 0.2) is 10.9 Å². The second-order valence-electron chi connectivity index (χ2n) is 8.19. The van der Waals surface area contributed by atoms with Crippen LogP contribution in [0.2, 0.25) is 0 Å². The van der Waals surface area contributed by atoms with E-state index < -0.39 is 22.0 Å². The summed E-state index contributed by atoms with van der Waals surface area (Å²) in [6.45, 7) is 4.18. The first-order valence-electron chi connectivity index (χ1n) is 11.6. The number of hydrogen-bond acceptors (Lipinski definition) is 8. The predicted octanol–water partition coefficient (Wildman–Crippen LogP) is 3.73. The molecule has 4 rings (SSSR count). The Morgan fingerprint density at radius 2 is 1.65 bits per heavy atom. The average molecular weight is 543 g/mol. The van der Waals surface area contributed by atoms with Gasteiger partial charge in [0.2, 0.25) is 10.0 Å². The van der Waals surface area contributed by atoms with Crippen molar-refractivity contribution in [3.63, 3.8) is 0 Å². The van der Waals surface area contributed by atoms with Crippen molar-refractivity contribution in [1.82, 2.24) is 14.2 Å². The third-order valence-electron chi connectivity index (χ3n) is 5.73. The van der Waals surface area contributed by atoms with E-state index in [1.165, 1.54) is 40.4 Å². The molecule has 0 unspecified atom stereocenters. The van der Waals surface area contributed by atoms with Gasteiger partial charge in [-0.2, -0.15) is 4.31 Å². The summed E-state index contributed by atoms with van der Waals surface area (Å²) < 4.78 is 32.4. The molecule has 3 aromatic rings. The number of ether oxygens (including phenoxy) is 1. The Balaban J connectivity index is 1.44. The molecule has 12 heteroatoms. The summed E-state index contributed by atoms with van der Waals surface area (Å²) in [5.74, 6) is -0.634. The lowest BCUT2D eigenvalue weighted by molar-refractivity contribution is 0.0933. The van der Waals surface area contributed by atoms with E-state index in [0.29, 0.717) is 10.6 Å². The number of anilines is 1. The molecule has 0 atom stereocenters. The minimum atomic E-state index is -3.79. The number of piperazine rings is 1. The van der Waals surface area contributed by atoms with Gasteiger partial charge in [-0.15, -0.1) is 0 Å².